The van der Waals surface area contributed by atoms with Gasteiger partial charge in [0, 0.05) is 11.7 Å². The van der Waals surface area contributed by atoms with Crippen molar-refractivity contribution in [2.45, 2.75) is 45.3 Å². The van der Waals surface area contributed by atoms with Crippen molar-refractivity contribution < 1.29 is 9.31 Å². The van der Waals surface area contributed by atoms with E-state index in [2.05, 4.69) is 11.1 Å². The maximum Gasteiger partial charge on any atom is 0.496 e. The lowest BCUT2D eigenvalue weighted by molar-refractivity contribution is 0.00578. The first-order chi connectivity index (χ1) is 9.36. The molecule has 0 radical (unpaired) electrons. The van der Waals surface area contributed by atoms with E-state index in [9.17, 15) is 0 Å². The van der Waals surface area contributed by atoms with Gasteiger partial charge in [0.1, 0.15) is 0 Å². The Balaban J connectivity index is 2.11. The largest absolute Gasteiger partial charge is 0.496 e. The molecular formula is C15H19BN2O2. The number of rotatable bonds is 3. The lowest BCUT2D eigenvalue weighted by atomic mass is 9.80. The monoisotopic (exact) mass is 270 g/mol. The summed E-state index contributed by atoms with van der Waals surface area (Å²) >= 11 is 0. The average molecular weight is 270 g/mol. The smallest absolute Gasteiger partial charge is 0.399 e. The van der Waals surface area contributed by atoms with E-state index >= 15 is 0 Å². The molecule has 2 heterocycles. The Kier molecular flexibility index (Phi) is 3.98. The number of pyridine rings is 1. The van der Waals surface area contributed by atoms with Crippen LogP contribution in [0, 0.1) is 11.3 Å². The second-order valence-electron chi connectivity index (χ2n) is 5.87. The van der Waals surface area contributed by atoms with Crippen LogP contribution in [0.3, 0.4) is 0 Å². The zero-order valence-electron chi connectivity index (χ0n) is 12.4. The number of allylic oxidation sites excluding steroid dienone is 1. The molecule has 104 valence electrons. The quantitative estimate of drug-likeness (QED) is 0.791. The molecule has 4 nitrogen and oxygen atoms in total. The molecule has 0 aliphatic carbocycles. The van der Waals surface area contributed by atoms with Gasteiger partial charge in [-0.25, -0.2) is 0 Å². The van der Waals surface area contributed by atoms with Gasteiger partial charge in [-0.05, 0) is 39.8 Å². The van der Waals surface area contributed by atoms with Crippen molar-refractivity contribution in [2.24, 2.45) is 0 Å². The average Bonchev–Trinajstić information content (AvgIpc) is 2.60. The van der Waals surface area contributed by atoms with Gasteiger partial charge in [-0.1, -0.05) is 12.1 Å². The Morgan fingerprint density at radius 1 is 1.25 bits per heavy atom. The number of hydrogen-bond acceptors (Lipinski definition) is 4. The molecular weight excluding hydrogens is 251 g/mol. The molecule has 1 aromatic heterocycles. The van der Waals surface area contributed by atoms with Gasteiger partial charge in [0.2, 0.25) is 0 Å². The Bertz CT molecular complexity index is 528. The molecule has 0 atom stereocenters. The Morgan fingerprint density at radius 2 is 1.90 bits per heavy atom. The normalized spacial score (nSPS) is 20.2. The molecule has 0 bridgehead atoms. The van der Waals surface area contributed by atoms with Crippen molar-refractivity contribution in [3.05, 3.63) is 30.1 Å². The molecule has 1 aliphatic rings. The van der Waals surface area contributed by atoms with Crippen LogP contribution in [0.25, 0.3) is 6.08 Å². The van der Waals surface area contributed by atoms with E-state index in [1.165, 1.54) is 0 Å². The van der Waals surface area contributed by atoms with Crippen molar-refractivity contribution in [1.82, 2.24) is 4.98 Å². The summed E-state index contributed by atoms with van der Waals surface area (Å²) < 4.78 is 11.9. The van der Waals surface area contributed by atoms with Crippen LogP contribution in [0.1, 0.15) is 39.8 Å². The van der Waals surface area contributed by atoms with Crippen LogP contribution in [0.2, 0.25) is 0 Å². The van der Waals surface area contributed by atoms with Gasteiger partial charge < -0.3 is 9.31 Å². The van der Waals surface area contributed by atoms with Crippen molar-refractivity contribution in [3.63, 3.8) is 0 Å². The van der Waals surface area contributed by atoms with E-state index in [0.29, 0.717) is 6.42 Å². The molecule has 1 fully saturated rings. The molecule has 2 rings (SSSR count). The second-order valence-corrected chi connectivity index (χ2v) is 5.87. The fourth-order valence-electron chi connectivity index (χ4n) is 1.87. The zero-order chi connectivity index (χ0) is 14.8. The van der Waals surface area contributed by atoms with Crippen LogP contribution in [0.4, 0.5) is 0 Å². The van der Waals surface area contributed by atoms with Crippen molar-refractivity contribution >= 4 is 18.7 Å². The minimum atomic E-state index is -0.385. The van der Waals surface area contributed by atoms with Gasteiger partial charge in [-0.2, -0.15) is 5.26 Å². The van der Waals surface area contributed by atoms with Gasteiger partial charge in [-0.15, -0.1) is 0 Å². The van der Waals surface area contributed by atoms with E-state index in [1.54, 1.807) is 12.3 Å². The third-order valence-corrected chi connectivity index (χ3v) is 3.83. The number of hydrogen-bond donors (Lipinski definition) is 0. The highest BCUT2D eigenvalue weighted by Crippen LogP contribution is 2.36. The van der Waals surface area contributed by atoms with Crippen LogP contribution in [0.5, 0.6) is 0 Å². The van der Waals surface area contributed by atoms with Gasteiger partial charge in [0.05, 0.1) is 29.4 Å². The molecule has 0 spiro atoms. The predicted molar refractivity (Wildman–Crippen MR) is 79.2 cm³/mol. The topological polar surface area (TPSA) is 55.1 Å². The van der Waals surface area contributed by atoms with Crippen LogP contribution >= 0.6 is 0 Å². The zero-order valence-corrected chi connectivity index (χ0v) is 12.4. The molecule has 5 heteroatoms. The third-order valence-electron chi connectivity index (χ3n) is 3.83. The highest BCUT2D eigenvalue weighted by atomic mass is 16.7. The molecule has 1 aliphatic heterocycles. The number of aromatic nitrogens is 1. The fraction of sp³-hybridized carbons (Fsp3) is 0.467. The van der Waals surface area contributed by atoms with Crippen LogP contribution in [-0.2, 0) is 9.31 Å². The predicted octanol–water partition coefficient (Wildman–Crippen LogP) is 2.31. The third kappa shape index (κ3) is 2.92. The van der Waals surface area contributed by atoms with Gasteiger partial charge in [0.15, 0.2) is 0 Å². The van der Waals surface area contributed by atoms with Gasteiger partial charge >= 0.3 is 7.12 Å². The summed E-state index contributed by atoms with van der Waals surface area (Å²) in [6.07, 6.45) is 5.77. The van der Waals surface area contributed by atoms with Crippen molar-refractivity contribution in [2.75, 3.05) is 0 Å². The SMILES string of the molecule is CC1(C)OB(c2ccc(C=CCC#N)nc2)OC1(C)C. The highest BCUT2D eigenvalue weighted by molar-refractivity contribution is 6.62. The lowest BCUT2D eigenvalue weighted by Gasteiger charge is -2.32. The molecule has 0 N–H and O–H groups in total. The fourth-order valence-corrected chi connectivity index (χ4v) is 1.87. The van der Waals surface area contributed by atoms with Gasteiger partial charge in [-0.3, -0.25) is 4.98 Å². The molecule has 1 saturated heterocycles. The van der Waals surface area contributed by atoms with E-state index in [0.717, 1.165) is 11.2 Å². The number of nitrogens with zero attached hydrogens (tertiary/aromatic N) is 2. The van der Waals surface area contributed by atoms with Crippen LogP contribution in [-0.4, -0.2) is 23.3 Å². The Labute approximate surface area is 120 Å². The standard InChI is InChI=1S/C15H19BN2O2/c1-14(2)15(3,4)20-16(19-14)12-8-9-13(18-11-12)7-5-6-10-17/h5,7-9,11H,6H2,1-4H3. The summed E-state index contributed by atoms with van der Waals surface area (Å²) in [6.45, 7) is 8.11. The molecule has 0 unspecified atom stereocenters. The Morgan fingerprint density at radius 3 is 2.40 bits per heavy atom. The van der Waals surface area contributed by atoms with E-state index in [1.807, 2.05) is 45.9 Å². The maximum absolute atomic E-state index is 8.48. The maximum atomic E-state index is 8.48. The summed E-state index contributed by atoms with van der Waals surface area (Å²) in [4.78, 5) is 4.33. The summed E-state index contributed by atoms with van der Waals surface area (Å²) in [5.74, 6) is 0. The van der Waals surface area contributed by atoms with E-state index in [4.69, 9.17) is 14.6 Å². The van der Waals surface area contributed by atoms with Crippen molar-refractivity contribution in [1.29, 1.82) is 5.26 Å². The molecule has 0 saturated carbocycles. The summed E-state index contributed by atoms with van der Waals surface area (Å²) in [7, 11) is -0.385. The minimum absolute atomic E-state index is 0.344. The van der Waals surface area contributed by atoms with Crippen LogP contribution < -0.4 is 5.46 Å². The first-order valence-electron chi connectivity index (χ1n) is 6.71. The molecule has 20 heavy (non-hydrogen) atoms. The second kappa shape index (κ2) is 5.39. The van der Waals surface area contributed by atoms with Gasteiger partial charge in [0.25, 0.3) is 0 Å². The first kappa shape index (κ1) is 14.8. The number of nitriles is 1. The summed E-state index contributed by atoms with van der Waals surface area (Å²) in [6, 6.07) is 5.90. The molecule has 1 aromatic rings. The van der Waals surface area contributed by atoms with Crippen LogP contribution in [0.15, 0.2) is 24.4 Å². The minimum Gasteiger partial charge on any atom is -0.399 e. The highest BCUT2D eigenvalue weighted by Gasteiger charge is 2.51. The van der Waals surface area contributed by atoms with E-state index < -0.39 is 0 Å². The summed E-state index contributed by atoms with van der Waals surface area (Å²) in [5, 5.41) is 8.48. The molecule has 0 amide bonds. The lowest BCUT2D eigenvalue weighted by Crippen LogP contribution is -2.41. The van der Waals surface area contributed by atoms with Crippen molar-refractivity contribution in [3.8, 4) is 6.07 Å². The molecule has 0 aromatic carbocycles. The first-order valence-corrected chi connectivity index (χ1v) is 6.71. The van der Waals surface area contributed by atoms with E-state index in [-0.39, 0.29) is 18.3 Å². The summed E-state index contributed by atoms with van der Waals surface area (Å²) in [5.41, 5.74) is 1.04. The Hall–Kier alpha value is -1.64.